The Kier molecular flexibility index (Phi) is 4.37. The van der Waals surface area contributed by atoms with Crippen molar-refractivity contribution in [3.63, 3.8) is 0 Å². The van der Waals surface area contributed by atoms with Crippen LogP contribution in [-0.4, -0.2) is 31.1 Å². The van der Waals surface area contributed by atoms with Gasteiger partial charge in [-0.1, -0.05) is 20.8 Å². The lowest BCUT2D eigenvalue weighted by Gasteiger charge is -2.31. The van der Waals surface area contributed by atoms with Crippen LogP contribution in [0.1, 0.15) is 48.3 Å². The van der Waals surface area contributed by atoms with Crippen LogP contribution >= 0.6 is 0 Å². The van der Waals surface area contributed by atoms with E-state index in [1.807, 2.05) is 0 Å². The Bertz CT molecular complexity index is 530. The van der Waals surface area contributed by atoms with E-state index < -0.39 is 5.91 Å². The third kappa shape index (κ3) is 3.64. The zero-order valence-electron chi connectivity index (χ0n) is 12.6. The van der Waals surface area contributed by atoms with Gasteiger partial charge in [-0.25, -0.2) is 0 Å². The Labute approximate surface area is 124 Å². The quantitative estimate of drug-likeness (QED) is 0.881. The molecule has 0 saturated carbocycles. The molecule has 0 aliphatic carbocycles. The van der Waals surface area contributed by atoms with Crippen molar-refractivity contribution in [2.45, 2.75) is 33.3 Å². The van der Waals surface area contributed by atoms with Gasteiger partial charge in [-0.2, -0.15) is 0 Å². The highest BCUT2D eigenvalue weighted by molar-refractivity contribution is 5.94. The molecule has 3 N–H and O–H groups in total. The van der Waals surface area contributed by atoms with Gasteiger partial charge in [0.25, 0.3) is 11.8 Å². The summed E-state index contributed by atoms with van der Waals surface area (Å²) in [5.74, 6) is -0.681. The third-order valence-electron chi connectivity index (χ3n) is 3.67. The number of furan rings is 1. The summed E-state index contributed by atoms with van der Waals surface area (Å²) in [7, 11) is 0. The Morgan fingerprint density at radius 1 is 1.33 bits per heavy atom. The first-order valence-corrected chi connectivity index (χ1v) is 7.08. The van der Waals surface area contributed by atoms with Crippen molar-refractivity contribution in [2.75, 3.05) is 13.2 Å². The summed E-state index contributed by atoms with van der Waals surface area (Å²) in [6.45, 7) is 7.62. The summed E-state index contributed by atoms with van der Waals surface area (Å²) in [6, 6.07) is 2.84. The lowest BCUT2D eigenvalue weighted by molar-refractivity contribution is 0.00732. The van der Waals surface area contributed by atoms with Gasteiger partial charge in [0.2, 0.25) is 0 Å². The third-order valence-corrected chi connectivity index (χ3v) is 3.67. The predicted octanol–water partition coefficient (Wildman–Crippen LogP) is 1.56. The van der Waals surface area contributed by atoms with E-state index >= 15 is 0 Å². The van der Waals surface area contributed by atoms with Gasteiger partial charge < -0.3 is 20.2 Å². The Morgan fingerprint density at radius 2 is 2.00 bits per heavy atom. The Morgan fingerprint density at radius 3 is 2.57 bits per heavy atom. The van der Waals surface area contributed by atoms with Crippen LogP contribution in [0.4, 0.5) is 0 Å². The van der Waals surface area contributed by atoms with Crippen LogP contribution in [0, 0.1) is 11.3 Å². The second kappa shape index (κ2) is 5.89. The number of hydrogen-bond donors (Lipinski definition) is 2. The van der Waals surface area contributed by atoms with E-state index in [2.05, 4.69) is 26.1 Å². The van der Waals surface area contributed by atoms with Crippen LogP contribution in [0.3, 0.4) is 0 Å². The number of nitrogens with two attached hydrogens (primary N) is 1. The molecule has 6 heteroatoms. The largest absolute Gasteiger partial charge is 0.446 e. The summed E-state index contributed by atoms with van der Waals surface area (Å²) in [5, 5.41) is 2.83. The molecule has 0 unspecified atom stereocenters. The molecule has 2 rings (SSSR count). The fourth-order valence-electron chi connectivity index (χ4n) is 2.70. The number of carbonyl (C=O) groups excluding carboxylic acids is 2. The van der Waals surface area contributed by atoms with Gasteiger partial charge in [-0.15, -0.1) is 0 Å². The first kappa shape index (κ1) is 15.6. The maximum atomic E-state index is 12.0. The van der Waals surface area contributed by atoms with Gasteiger partial charge in [0.05, 0.1) is 6.10 Å². The number of primary amides is 1. The lowest BCUT2D eigenvalue weighted by atomic mass is 9.81. The SMILES string of the molecule is CC(C)(C)[C@H]1OCC[C@@H]1CNC(=O)c1ccc(C(N)=O)o1. The minimum Gasteiger partial charge on any atom is -0.446 e. The fraction of sp³-hybridized carbons (Fsp3) is 0.600. The van der Waals surface area contributed by atoms with Crippen molar-refractivity contribution in [3.8, 4) is 0 Å². The maximum absolute atomic E-state index is 12.0. The van der Waals surface area contributed by atoms with Crippen LogP contribution in [0.15, 0.2) is 16.5 Å². The molecule has 2 heterocycles. The molecule has 0 spiro atoms. The van der Waals surface area contributed by atoms with Gasteiger partial charge in [0, 0.05) is 19.1 Å². The smallest absolute Gasteiger partial charge is 0.287 e. The summed E-state index contributed by atoms with van der Waals surface area (Å²) in [6.07, 6.45) is 1.04. The van der Waals surface area contributed by atoms with E-state index in [1.165, 1.54) is 12.1 Å². The average Bonchev–Trinajstić information content (AvgIpc) is 3.04. The topological polar surface area (TPSA) is 94.6 Å². The van der Waals surface area contributed by atoms with Crippen LogP contribution in [0.25, 0.3) is 0 Å². The normalized spacial score (nSPS) is 22.2. The standard InChI is InChI=1S/C15H22N2O4/c1-15(2,3)12-9(6-7-20-12)8-17-14(19)11-5-4-10(21-11)13(16)18/h4-5,9,12H,6-8H2,1-3H3,(H2,16,18)(H,17,19)/t9-,12+/m1/s1. The number of ether oxygens (including phenoxy) is 1. The first-order chi connectivity index (χ1) is 9.79. The molecule has 1 fully saturated rings. The molecular formula is C15H22N2O4. The number of carbonyl (C=O) groups is 2. The van der Waals surface area contributed by atoms with Gasteiger partial charge >= 0.3 is 0 Å². The molecule has 1 saturated heterocycles. The van der Waals surface area contributed by atoms with E-state index in [0.29, 0.717) is 6.54 Å². The van der Waals surface area contributed by atoms with E-state index in [9.17, 15) is 9.59 Å². The van der Waals surface area contributed by atoms with Crippen LogP contribution in [0.2, 0.25) is 0 Å². The number of amides is 2. The van der Waals surface area contributed by atoms with E-state index in [4.69, 9.17) is 14.9 Å². The van der Waals surface area contributed by atoms with Crippen molar-refractivity contribution in [1.29, 1.82) is 0 Å². The van der Waals surface area contributed by atoms with E-state index in [1.54, 1.807) is 0 Å². The molecule has 1 aliphatic rings. The molecule has 2 amide bonds. The summed E-state index contributed by atoms with van der Waals surface area (Å²) < 4.78 is 10.9. The van der Waals surface area contributed by atoms with Crippen molar-refractivity contribution < 1.29 is 18.7 Å². The Balaban J connectivity index is 1.93. The lowest BCUT2D eigenvalue weighted by Crippen LogP contribution is -2.38. The van der Waals surface area contributed by atoms with Gasteiger partial charge in [0.15, 0.2) is 11.5 Å². The van der Waals surface area contributed by atoms with Gasteiger partial charge in [-0.05, 0) is 24.0 Å². The predicted molar refractivity (Wildman–Crippen MR) is 76.9 cm³/mol. The zero-order valence-corrected chi connectivity index (χ0v) is 12.6. The molecule has 0 radical (unpaired) electrons. The highest BCUT2D eigenvalue weighted by Gasteiger charge is 2.37. The van der Waals surface area contributed by atoms with Crippen molar-refractivity contribution >= 4 is 11.8 Å². The highest BCUT2D eigenvalue weighted by Crippen LogP contribution is 2.34. The second-order valence-corrected chi connectivity index (χ2v) is 6.44. The molecule has 1 aromatic rings. The summed E-state index contributed by atoms with van der Waals surface area (Å²) in [5.41, 5.74) is 5.12. The number of rotatable bonds is 4. The van der Waals surface area contributed by atoms with E-state index in [0.717, 1.165) is 13.0 Å². The minimum atomic E-state index is -0.689. The molecular weight excluding hydrogens is 272 g/mol. The van der Waals surface area contributed by atoms with Gasteiger partial charge in [0.1, 0.15) is 0 Å². The monoisotopic (exact) mass is 294 g/mol. The molecule has 1 aliphatic heterocycles. The fourth-order valence-corrected chi connectivity index (χ4v) is 2.70. The van der Waals surface area contributed by atoms with E-state index in [-0.39, 0.29) is 34.9 Å². The zero-order chi connectivity index (χ0) is 15.6. The number of nitrogens with one attached hydrogen (secondary N) is 1. The maximum Gasteiger partial charge on any atom is 0.287 e. The Hall–Kier alpha value is -1.82. The van der Waals surface area contributed by atoms with Crippen molar-refractivity contribution in [3.05, 3.63) is 23.7 Å². The van der Waals surface area contributed by atoms with Crippen molar-refractivity contribution in [2.24, 2.45) is 17.1 Å². The highest BCUT2D eigenvalue weighted by atomic mass is 16.5. The van der Waals surface area contributed by atoms with Crippen LogP contribution in [0.5, 0.6) is 0 Å². The number of hydrogen-bond acceptors (Lipinski definition) is 4. The van der Waals surface area contributed by atoms with Crippen LogP contribution < -0.4 is 11.1 Å². The molecule has 6 nitrogen and oxygen atoms in total. The summed E-state index contributed by atoms with van der Waals surface area (Å²) in [4.78, 5) is 22.9. The van der Waals surface area contributed by atoms with Crippen LogP contribution in [-0.2, 0) is 4.74 Å². The minimum absolute atomic E-state index is 0.0167. The molecule has 116 valence electrons. The second-order valence-electron chi connectivity index (χ2n) is 6.44. The summed E-state index contributed by atoms with van der Waals surface area (Å²) >= 11 is 0. The van der Waals surface area contributed by atoms with Gasteiger partial charge in [-0.3, -0.25) is 9.59 Å². The molecule has 0 bridgehead atoms. The molecule has 2 atom stereocenters. The molecule has 21 heavy (non-hydrogen) atoms. The van der Waals surface area contributed by atoms with Crippen molar-refractivity contribution in [1.82, 2.24) is 5.32 Å². The molecule has 1 aromatic heterocycles. The average molecular weight is 294 g/mol. The first-order valence-electron chi connectivity index (χ1n) is 7.08. The molecule has 0 aromatic carbocycles.